The van der Waals surface area contributed by atoms with Crippen molar-refractivity contribution in [3.8, 4) is 11.6 Å². The van der Waals surface area contributed by atoms with Crippen molar-refractivity contribution < 1.29 is 5.11 Å². The summed E-state index contributed by atoms with van der Waals surface area (Å²) in [5.74, 6) is 0.277. The van der Waals surface area contributed by atoms with Crippen molar-refractivity contribution in [1.82, 2.24) is 9.78 Å². The number of aromatic hydroxyl groups is 1. The molecular weight excluding hydrogens is 260 g/mol. The molecule has 0 aliphatic heterocycles. The fourth-order valence-corrected chi connectivity index (χ4v) is 2.68. The van der Waals surface area contributed by atoms with E-state index in [9.17, 15) is 5.11 Å². The van der Waals surface area contributed by atoms with Gasteiger partial charge in [0.1, 0.15) is 0 Å². The van der Waals surface area contributed by atoms with Crippen molar-refractivity contribution in [2.45, 2.75) is 59.3 Å². The van der Waals surface area contributed by atoms with Crippen LogP contribution in [0.4, 0.5) is 0 Å². The van der Waals surface area contributed by atoms with Crippen LogP contribution in [0.15, 0.2) is 24.3 Å². The van der Waals surface area contributed by atoms with E-state index in [0.717, 1.165) is 41.8 Å². The van der Waals surface area contributed by atoms with Gasteiger partial charge in [0.25, 0.3) is 0 Å². The molecule has 0 saturated carbocycles. The first-order valence-corrected chi connectivity index (χ1v) is 7.73. The van der Waals surface area contributed by atoms with Gasteiger partial charge in [-0.15, -0.1) is 0 Å². The second-order valence-electron chi connectivity index (χ2n) is 6.75. The van der Waals surface area contributed by atoms with Crippen molar-refractivity contribution in [3.05, 3.63) is 41.1 Å². The van der Waals surface area contributed by atoms with Gasteiger partial charge < -0.3 is 5.11 Å². The molecule has 2 aromatic rings. The predicted molar refractivity (Wildman–Crippen MR) is 87.3 cm³/mol. The van der Waals surface area contributed by atoms with Crippen molar-refractivity contribution in [3.63, 3.8) is 0 Å². The molecule has 0 spiro atoms. The number of nitrogens with zero attached hydrogens (tertiary/aromatic N) is 2. The summed E-state index contributed by atoms with van der Waals surface area (Å²) in [6, 6.07) is 8.07. The highest BCUT2D eigenvalue weighted by Gasteiger charge is 2.27. The summed E-state index contributed by atoms with van der Waals surface area (Å²) in [5, 5.41) is 15.4. The van der Waals surface area contributed by atoms with Gasteiger partial charge in [-0.1, -0.05) is 46.2 Å². The number of aromatic nitrogens is 2. The van der Waals surface area contributed by atoms with E-state index in [0.29, 0.717) is 0 Å². The van der Waals surface area contributed by atoms with Crippen molar-refractivity contribution >= 4 is 0 Å². The molecule has 0 aliphatic carbocycles. The van der Waals surface area contributed by atoms with Crippen molar-refractivity contribution in [2.75, 3.05) is 0 Å². The zero-order chi connectivity index (χ0) is 15.6. The van der Waals surface area contributed by atoms with Gasteiger partial charge in [-0.05, 0) is 42.9 Å². The zero-order valence-electron chi connectivity index (χ0n) is 13.8. The second kappa shape index (κ2) is 5.92. The van der Waals surface area contributed by atoms with E-state index in [-0.39, 0.29) is 11.3 Å². The Morgan fingerprint density at radius 1 is 1.24 bits per heavy atom. The fourth-order valence-electron chi connectivity index (χ4n) is 2.68. The summed E-state index contributed by atoms with van der Waals surface area (Å²) >= 11 is 0. The minimum absolute atomic E-state index is 0.116. The molecule has 1 N–H and O–H groups in total. The molecule has 21 heavy (non-hydrogen) atoms. The quantitative estimate of drug-likeness (QED) is 0.897. The van der Waals surface area contributed by atoms with Crippen LogP contribution < -0.4 is 0 Å². The van der Waals surface area contributed by atoms with Gasteiger partial charge in [-0.25, -0.2) is 4.68 Å². The number of rotatable bonds is 4. The Balaban J connectivity index is 2.55. The van der Waals surface area contributed by atoms with Crippen LogP contribution in [0.25, 0.3) is 5.69 Å². The molecular formula is C18H26N2O. The Labute approximate surface area is 127 Å². The topological polar surface area (TPSA) is 38.0 Å². The monoisotopic (exact) mass is 286 g/mol. The number of hydrogen-bond acceptors (Lipinski definition) is 2. The summed E-state index contributed by atoms with van der Waals surface area (Å²) in [6.07, 6.45) is 3.13. The molecule has 2 rings (SSSR count). The molecule has 0 aliphatic rings. The minimum Gasteiger partial charge on any atom is -0.493 e. The van der Waals surface area contributed by atoms with Crippen LogP contribution in [0.2, 0.25) is 0 Å². The Kier molecular flexibility index (Phi) is 4.40. The third-order valence-corrected chi connectivity index (χ3v) is 3.70. The van der Waals surface area contributed by atoms with Crippen LogP contribution in [0.1, 0.15) is 57.4 Å². The molecule has 0 fully saturated rings. The molecule has 114 valence electrons. The lowest BCUT2D eigenvalue weighted by atomic mass is 9.86. The smallest absolute Gasteiger partial charge is 0.218 e. The molecule has 0 unspecified atom stereocenters. The molecule has 0 radical (unpaired) electrons. The van der Waals surface area contributed by atoms with Gasteiger partial charge >= 0.3 is 0 Å². The normalized spacial score (nSPS) is 11.9. The SMILES string of the molecule is CCCCc1nn(-c2cccc(C)c2)c(O)c1C(C)(C)C. The summed E-state index contributed by atoms with van der Waals surface area (Å²) in [4.78, 5) is 0. The van der Waals surface area contributed by atoms with Crippen LogP contribution in [0.5, 0.6) is 5.88 Å². The van der Waals surface area contributed by atoms with E-state index in [2.05, 4.69) is 27.7 Å². The van der Waals surface area contributed by atoms with Crippen LogP contribution in [0, 0.1) is 6.92 Å². The zero-order valence-corrected chi connectivity index (χ0v) is 13.8. The summed E-state index contributed by atoms with van der Waals surface area (Å²) in [5.41, 5.74) is 3.95. The van der Waals surface area contributed by atoms with Gasteiger partial charge in [-0.3, -0.25) is 0 Å². The summed E-state index contributed by atoms with van der Waals surface area (Å²) in [7, 11) is 0. The summed E-state index contributed by atoms with van der Waals surface area (Å²) in [6.45, 7) is 10.6. The molecule has 0 atom stereocenters. The lowest BCUT2D eigenvalue weighted by Crippen LogP contribution is -2.13. The summed E-state index contributed by atoms with van der Waals surface area (Å²) < 4.78 is 1.68. The third-order valence-electron chi connectivity index (χ3n) is 3.70. The maximum atomic E-state index is 10.7. The van der Waals surface area contributed by atoms with Crippen LogP contribution >= 0.6 is 0 Å². The Morgan fingerprint density at radius 2 is 1.95 bits per heavy atom. The first kappa shape index (κ1) is 15.6. The highest BCUT2D eigenvalue weighted by atomic mass is 16.3. The van der Waals surface area contributed by atoms with E-state index >= 15 is 0 Å². The van der Waals surface area contributed by atoms with Crippen molar-refractivity contribution in [2.24, 2.45) is 0 Å². The minimum atomic E-state index is -0.116. The van der Waals surface area contributed by atoms with E-state index in [1.807, 2.05) is 31.2 Å². The molecule has 3 heteroatoms. The van der Waals surface area contributed by atoms with Gasteiger partial charge in [0.15, 0.2) is 0 Å². The Morgan fingerprint density at radius 3 is 2.52 bits per heavy atom. The molecule has 1 aromatic carbocycles. The molecule has 1 heterocycles. The van der Waals surface area contributed by atoms with E-state index in [1.165, 1.54) is 0 Å². The highest BCUT2D eigenvalue weighted by molar-refractivity contribution is 5.45. The first-order valence-electron chi connectivity index (χ1n) is 7.73. The van der Waals surface area contributed by atoms with Gasteiger partial charge in [0, 0.05) is 5.56 Å². The lowest BCUT2D eigenvalue weighted by molar-refractivity contribution is 0.413. The van der Waals surface area contributed by atoms with Gasteiger partial charge in [0.2, 0.25) is 5.88 Å². The molecule has 0 saturated heterocycles. The van der Waals surface area contributed by atoms with Gasteiger partial charge in [-0.2, -0.15) is 5.10 Å². The number of benzene rings is 1. The first-order chi connectivity index (χ1) is 9.84. The number of unbranched alkanes of at least 4 members (excludes halogenated alkanes) is 1. The molecule has 0 bridgehead atoms. The van der Waals surface area contributed by atoms with E-state index in [1.54, 1.807) is 4.68 Å². The standard InChI is InChI=1S/C18H26N2O/c1-6-7-11-15-16(18(3,4)5)17(21)20(19-15)14-10-8-9-13(2)12-14/h8-10,12,21H,6-7,11H2,1-5H3. The highest BCUT2D eigenvalue weighted by Crippen LogP contribution is 2.36. The second-order valence-corrected chi connectivity index (χ2v) is 6.75. The number of hydrogen-bond donors (Lipinski definition) is 1. The largest absolute Gasteiger partial charge is 0.493 e. The van der Waals surface area contributed by atoms with Crippen LogP contribution in [0.3, 0.4) is 0 Å². The fraction of sp³-hybridized carbons (Fsp3) is 0.500. The molecule has 1 aromatic heterocycles. The average Bonchev–Trinajstić information content (AvgIpc) is 2.73. The Bertz CT molecular complexity index is 621. The average molecular weight is 286 g/mol. The molecule has 0 amide bonds. The van der Waals surface area contributed by atoms with E-state index < -0.39 is 0 Å². The Hall–Kier alpha value is -1.77. The predicted octanol–water partition coefficient (Wildman–Crippen LogP) is 4.53. The van der Waals surface area contributed by atoms with Gasteiger partial charge in [0.05, 0.1) is 11.4 Å². The van der Waals surface area contributed by atoms with Crippen LogP contribution in [-0.4, -0.2) is 14.9 Å². The third kappa shape index (κ3) is 3.29. The number of aryl methyl sites for hydroxylation is 2. The van der Waals surface area contributed by atoms with E-state index in [4.69, 9.17) is 5.10 Å². The maximum absolute atomic E-state index is 10.7. The van der Waals surface area contributed by atoms with Crippen LogP contribution in [-0.2, 0) is 11.8 Å². The maximum Gasteiger partial charge on any atom is 0.218 e. The lowest BCUT2D eigenvalue weighted by Gasteiger charge is -2.19. The van der Waals surface area contributed by atoms with Crippen molar-refractivity contribution in [1.29, 1.82) is 0 Å². The molecule has 3 nitrogen and oxygen atoms in total.